The third kappa shape index (κ3) is 2.65. The zero-order chi connectivity index (χ0) is 11.4. The molecule has 2 atom stereocenters. The smallest absolute Gasteiger partial charge is 0.0305 e. The van der Waals surface area contributed by atoms with Crippen molar-refractivity contribution in [2.45, 2.75) is 45.2 Å². The number of thiophene rings is 1. The molecule has 1 heterocycles. The van der Waals surface area contributed by atoms with Crippen LogP contribution in [0.3, 0.4) is 0 Å². The van der Waals surface area contributed by atoms with Crippen molar-refractivity contribution in [2.75, 3.05) is 6.54 Å². The summed E-state index contributed by atoms with van der Waals surface area (Å²) >= 11 is 1.87. The normalized spacial score (nSPS) is 25.1. The van der Waals surface area contributed by atoms with Crippen LogP contribution in [0.25, 0.3) is 0 Å². The first-order valence-corrected chi connectivity index (χ1v) is 7.21. The van der Waals surface area contributed by atoms with Gasteiger partial charge in [-0.05, 0) is 48.7 Å². The molecule has 1 aliphatic carbocycles. The first-order chi connectivity index (χ1) is 7.85. The standard InChI is InChI=1S/C13H22N2S/c1-2-10-6-7-16-13(10)9-15-12-5-3-4-11(12)8-14/h6-7,11-12,15H,2-5,8-9,14H2,1H3. The molecule has 0 saturated heterocycles. The van der Waals surface area contributed by atoms with Crippen LogP contribution >= 0.6 is 11.3 Å². The maximum Gasteiger partial charge on any atom is 0.0305 e. The Bertz CT molecular complexity index is 321. The second-order valence-electron chi connectivity index (χ2n) is 4.64. The fraction of sp³-hybridized carbons (Fsp3) is 0.692. The molecule has 3 N–H and O–H groups in total. The lowest BCUT2D eigenvalue weighted by Crippen LogP contribution is -2.35. The Balaban J connectivity index is 1.87. The predicted octanol–water partition coefficient (Wildman–Crippen LogP) is 2.53. The van der Waals surface area contributed by atoms with E-state index in [0.717, 1.165) is 19.5 Å². The van der Waals surface area contributed by atoms with Crippen LogP contribution in [0, 0.1) is 5.92 Å². The van der Waals surface area contributed by atoms with Crippen molar-refractivity contribution < 1.29 is 0 Å². The minimum atomic E-state index is 0.650. The molecular weight excluding hydrogens is 216 g/mol. The largest absolute Gasteiger partial charge is 0.330 e. The predicted molar refractivity (Wildman–Crippen MR) is 70.7 cm³/mol. The highest BCUT2D eigenvalue weighted by Gasteiger charge is 2.25. The molecule has 1 saturated carbocycles. The van der Waals surface area contributed by atoms with E-state index in [0.29, 0.717) is 12.0 Å². The maximum absolute atomic E-state index is 5.79. The molecule has 3 heteroatoms. The SMILES string of the molecule is CCc1ccsc1CNC1CCCC1CN. The Morgan fingerprint density at radius 3 is 3.12 bits per heavy atom. The highest BCUT2D eigenvalue weighted by atomic mass is 32.1. The van der Waals surface area contributed by atoms with E-state index in [2.05, 4.69) is 23.7 Å². The number of nitrogens with one attached hydrogen (secondary N) is 1. The lowest BCUT2D eigenvalue weighted by molar-refractivity contribution is 0.407. The summed E-state index contributed by atoms with van der Waals surface area (Å²) in [6.45, 7) is 4.09. The summed E-state index contributed by atoms with van der Waals surface area (Å²) < 4.78 is 0. The third-order valence-corrected chi connectivity index (χ3v) is 4.67. The van der Waals surface area contributed by atoms with Gasteiger partial charge in [-0.25, -0.2) is 0 Å². The van der Waals surface area contributed by atoms with Crippen LogP contribution in [0.4, 0.5) is 0 Å². The highest BCUT2D eigenvalue weighted by molar-refractivity contribution is 7.10. The summed E-state index contributed by atoms with van der Waals surface area (Å²) in [7, 11) is 0. The molecule has 1 fully saturated rings. The van der Waals surface area contributed by atoms with Crippen LogP contribution in [0.15, 0.2) is 11.4 Å². The van der Waals surface area contributed by atoms with E-state index >= 15 is 0 Å². The summed E-state index contributed by atoms with van der Waals surface area (Å²) in [5.41, 5.74) is 7.29. The van der Waals surface area contributed by atoms with Crippen molar-refractivity contribution >= 4 is 11.3 Å². The number of aryl methyl sites for hydroxylation is 1. The molecule has 0 amide bonds. The Kier molecular flexibility index (Phi) is 4.38. The fourth-order valence-electron chi connectivity index (χ4n) is 2.65. The van der Waals surface area contributed by atoms with Crippen LogP contribution in [0.5, 0.6) is 0 Å². The molecule has 1 aliphatic rings. The minimum absolute atomic E-state index is 0.650. The quantitative estimate of drug-likeness (QED) is 0.827. The second-order valence-corrected chi connectivity index (χ2v) is 5.64. The molecule has 90 valence electrons. The van der Waals surface area contributed by atoms with Crippen molar-refractivity contribution in [1.29, 1.82) is 0 Å². The molecule has 1 aromatic heterocycles. The van der Waals surface area contributed by atoms with Gasteiger partial charge in [0.05, 0.1) is 0 Å². The number of rotatable bonds is 5. The molecule has 0 bridgehead atoms. The van der Waals surface area contributed by atoms with Gasteiger partial charge in [-0.3, -0.25) is 0 Å². The van der Waals surface area contributed by atoms with Gasteiger partial charge in [-0.15, -0.1) is 11.3 Å². The minimum Gasteiger partial charge on any atom is -0.330 e. The second kappa shape index (κ2) is 5.80. The van der Waals surface area contributed by atoms with E-state index in [1.165, 1.54) is 29.7 Å². The molecular formula is C13H22N2S. The summed E-state index contributed by atoms with van der Waals surface area (Å²) in [6.07, 6.45) is 5.09. The Labute approximate surface area is 102 Å². The van der Waals surface area contributed by atoms with Gasteiger partial charge < -0.3 is 11.1 Å². The summed E-state index contributed by atoms with van der Waals surface area (Å²) in [4.78, 5) is 1.50. The van der Waals surface area contributed by atoms with Gasteiger partial charge in [0.25, 0.3) is 0 Å². The van der Waals surface area contributed by atoms with E-state index < -0.39 is 0 Å². The van der Waals surface area contributed by atoms with Gasteiger partial charge in [-0.1, -0.05) is 13.3 Å². The van der Waals surface area contributed by atoms with Gasteiger partial charge in [0.1, 0.15) is 0 Å². The van der Waals surface area contributed by atoms with E-state index in [1.54, 1.807) is 0 Å². The number of hydrogen-bond acceptors (Lipinski definition) is 3. The van der Waals surface area contributed by atoms with Gasteiger partial charge in [-0.2, -0.15) is 0 Å². The first-order valence-electron chi connectivity index (χ1n) is 6.33. The van der Waals surface area contributed by atoms with Gasteiger partial charge in [0.2, 0.25) is 0 Å². The lowest BCUT2D eigenvalue weighted by atomic mass is 10.0. The zero-order valence-corrected chi connectivity index (χ0v) is 10.9. The van der Waals surface area contributed by atoms with Crippen LogP contribution < -0.4 is 11.1 Å². The monoisotopic (exact) mass is 238 g/mol. The van der Waals surface area contributed by atoms with Crippen molar-refractivity contribution in [3.05, 3.63) is 21.9 Å². The number of nitrogens with two attached hydrogens (primary N) is 1. The lowest BCUT2D eigenvalue weighted by Gasteiger charge is -2.19. The molecule has 0 spiro atoms. The van der Waals surface area contributed by atoms with Crippen molar-refractivity contribution in [1.82, 2.24) is 5.32 Å². The van der Waals surface area contributed by atoms with Crippen molar-refractivity contribution in [3.63, 3.8) is 0 Å². The van der Waals surface area contributed by atoms with Crippen LogP contribution in [-0.2, 0) is 13.0 Å². The molecule has 0 aromatic carbocycles. The molecule has 2 nitrogen and oxygen atoms in total. The molecule has 0 radical (unpaired) electrons. The van der Waals surface area contributed by atoms with E-state index in [1.807, 2.05) is 11.3 Å². The first kappa shape index (κ1) is 12.1. The molecule has 2 rings (SSSR count). The van der Waals surface area contributed by atoms with E-state index in [-0.39, 0.29) is 0 Å². The van der Waals surface area contributed by atoms with Gasteiger partial charge in [0.15, 0.2) is 0 Å². The van der Waals surface area contributed by atoms with Crippen LogP contribution in [-0.4, -0.2) is 12.6 Å². The molecule has 1 aromatic rings. The third-order valence-electron chi connectivity index (χ3n) is 3.71. The Hall–Kier alpha value is -0.380. The van der Waals surface area contributed by atoms with E-state index in [9.17, 15) is 0 Å². The Morgan fingerprint density at radius 2 is 2.38 bits per heavy atom. The average Bonchev–Trinajstić information content (AvgIpc) is 2.94. The van der Waals surface area contributed by atoms with Crippen LogP contribution in [0.2, 0.25) is 0 Å². The van der Waals surface area contributed by atoms with E-state index in [4.69, 9.17) is 5.73 Å². The Morgan fingerprint density at radius 1 is 1.50 bits per heavy atom. The highest BCUT2D eigenvalue weighted by Crippen LogP contribution is 2.25. The topological polar surface area (TPSA) is 38.0 Å². The zero-order valence-electron chi connectivity index (χ0n) is 10.0. The summed E-state index contributed by atoms with van der Waals surface area (Å²) in [6, 6.07) is 2.90. The van der Waals surface area contributed by atoms with Crippen molar-refractivity contribution in [3.8, 4) is 0 Å². The molecule has 16 heavy (non-hydrogen) atoms. The number of hydrogen-bond donors (Lipinski definition) is 2. The van der Waals surface area contributed by atoms with Gasteiger partial charge in [0, 0.05) is 17.5 Å². The maximum atomic E-state index is 5.79. The van der Waals surface area contributed by atoms with Gasteiger partial charge >= 0.3 is 0 Å². The summed E-state index contributed by atoms with van der Waals surface area (Å²) in [5.74, 6) is 0.699. The van der Waals surface area contributed by atoms with Crippen molar-refractivity contribution in [2.24, 2.45) is 11.7 Å². The molecule has 0 aliphatic heterocycles. The molecule has 2 unspecified atom stereocenters. The fourth-order valence-corrected chi connectivity index (χ4v) is 3.58. The average molecular weight is 238 g/mol. The van der Waals surface area contributed by atoms with Crippen LogP contribution in [0.1, 0.15) is 36.6 Å². The summed E-state index contributed by atoms with van der Waals surface area (Å²) in [5, 5.41) is 5.89.